The molecule has 0 aliphatic carbocycles. The molecule has 7 heteroatoms. The summed E-state index contributed by atoms with van der Waals surface area (Å²) in [6.45, 7) is 2.88. The first-order chi connectivity index (χ1) is 10.3. The molecule has 1 amide bonds. The Kier molecular flexibility index (Phi) is 6.23. The van der Waals surface area contributed by atoms with E-state index in [4.69, 9.17) is 10.00 Å². The third-order valence-corrected chi connectivity index (χ3v) is 3.00. The molecule has 1 atom stereocenters. The number of carbonyl (C=O) groups excluding carboxylic acids is 1. The van der Waals surface area contributed by atoms with Gasteiger partial charge >= 0.3 is 6.18 Å². The largest absolute Gasteiger partial charge is 0.481 e. The number of nitriles is 1. The van der Waals surface area contributed by atoms with Gasteiger partial charge < -0.3 is 9.64 Å². The summed E-state index contributed by atoms with van der Waals surface area (Å²) in [5.74, 6) is -0.122. The molecule has 120 valence electrons. The van der Waals surface area contributed by atoms with Crippen molar-refractivity contribution in [2.45, 2.75) is 32.5 Å². The molecule has 1 aromatic rings. The monoisotopic (exact) mass is 314 g/mol. The van der Waals surface area contributed by atoms with Crippen molar-refractivity contribution in [1.82, 2.24) is 4.90 Å². The van der Waals surface area contributed by atoms with Crippen LogP contribution >= 0.6 is 0 Å². The second-order valence-corrected chi connectivity index (χ2v) is 4.68. The molecular weight excluding hydrogens is 297 g/mol. The van der Waals surface area contributed by atoms with Crippen molar-refractivity contribution in [3.8, 4) is 11.8 Å². The maximum absolute atomic E-state index is 12.2. The fourth-order valence-corrected chi connectivity index (χ4v) is 1.81. The first-order valence-corrected chi connectivity index (χ1v) is 6.79. The van der Waals surface area contributed by atoms with E-state index in [9.17, 15) is 18.0 Å². The van der Waals surface area contributed by atoms with Crippen molar-refractivity contribution in [1.29, 1.82) is 5.26 Å². The first-order valence-electron chi connectivity index (χ1n) is 6.79. The standard InChI is InChI=1S/C15H17F3N2O2/c1-3-20(9-8-15(16,17)18)14(21)11(2)22-13-6-4-12(10-19)5-7-13/h4-7,11H,3,8-9H2,1-2H3. The maximum Gasteiger partial charge on any atom is 0.390 e. The van der Waals surface area contributed by atoms with Gasteiger partial charge in [0.2, 0.25) is 0 Å². The predicted octanol–water partition coefficient (Wildman–Crippen LogP) is 3.13. The molecule has 0 saturated carbocycles. The molecule has 0 spiro atoms. The summed E-state index contributed by atoms with van der Waals surface area (Å²) >= 11 is 0. The zero-order valence-electron chi connectivity index (χ0n) is 12.4. The van der Waals surface area contributed by atoms with Crippen LogP contribution in [0.2, 0.25) is 0 Å². The summed E-state index contributed by atoms with van der Waals surface area (Å²) in [5.41, 5.74) is 0.451. The van der Waals surface area contributed by atoms with E-state index in [1.807, 2.05) is 6.07 Å². The van der Waals surface area contributed by atoms with Gasteiger partial charge in [0.05, 0.1) is 18.1 Å². The second-order valence-electron chi connectivity index (χ2n) is 4.68. The predicted molar refractivity (Wildman–Crippen MR) is 74.2 cm³/mol. The molecule has 1 aromatic carbocycles. The lowest BCUT2D eigenvalue weighted by molar-refractivity contribution is -0.148. The number of alkyl halides is 3. The van der Waals surface area contributed by atoms with Crippen molar-refractivity contribution in [3.05, 3.63) is 29.8 Å². The Morgan fingerprint density at radius 2 is 1.95 bits per heavy atom. The highest BCUT2D eigenvalue weighted by atomic mass is 19.4. The van der Waals surface area contributed by atoms with Gasteiger partial charge in [-0.25, -0.2) is 0 Å². The molecule has 0 saturated heterocycles. The van der Waals surface area contributed by atoms with Crippen LogP contribution in [-0.4, -0.2) is 36.2 Å². The molecule has 4 nitrogen and oxygen atoms in total. The van der Waals surface area contributed by atoms with E-state index in [1.165, 1.54) is 31.2 Å². The van der Waals surface area contributed by atoms with E-state index in [0.717, 1.165) is 4.90 Å². The van der Waals surface area contributed by atoms with Crippen molar-refractivity contribution in [2.75, 3.05) is 13.1 Å². The second kappa shape index (κ2) is 7.69. The quantitative estimate of drug-likeness (QED) is 0.810. The fraction of sp³-hybridized carbons (Fsp3) is 0.467. The molecule has 1 rings (SSSR count). The van der Waals surface area contributed by atoms with Crippen molar-refractivity contribution in [2.24, 2.45) is 0 Å². The van der Waals surface area contributed by atoms with Crippen LogP contribution in [0.15, 0.2) is 24.3 Å². The third kappa shape index (κ3) is 5.64. The number of hydrogen-bond acceptors (Lipinski definition) is 3. The first kappa shape index (κ1) is 17.8. The number of likely N-dealkylation sites (N-methyl/N-ethyl adjacent to an activating group) is 1. The highest BCUT2D eigenvalue weighted by Crippen LogP contribution is 2.20. The summed E-state index contributed by atoms with van der Waals surface area (Å²) < 4.78 is 42.1. The van der Waals surface area contributed by atoms with Gasteiger partial charge in [-0.15, -0.1) is 0 Å². The number of hydrogen-bond donors (Lipinski definition) is 0. The number of ether oxygens (including phenoxy) is 1. The Labute approximate surface area is 127 Å². The molecule has 0 bridgehead atoms. The van der Waals surface area contributed by atoms with Crippen LogP contribution < -0.4 is 4.74 Å². The summed E-state index contributed by atoms with van der Waals surface area (Å²) in [6.07, 6.45) is -6.25. The van der Waals surface area contributed by atoms with Crippen LogP contribution in [0.3, 0.4) is 0 Å². The smallest absolute Gasteiger partial charge is 0.390 e. The number of carbonyl (C=O) groups is 1. The average Bonchev–Trinajstić information content (AvgIpc) is 2.47. The lowest BCUT2D eigenvalue weighted by Gasteiger charge is -2.25. The van der Waals surface area contributed by atoms with Crippen molar-refractivity contribution in [3.63, 3.8) is 0 Å². The van der Waals surface area contributed by atoms with Crippen LogP contribution in [0.4, 0.5) is 13.2 Å². The maximum atomic E-state index is 12.2. The summed E-state index contributed by atoms with van der Waals surface area (Å²) in [5, 5.41) is 8.68. The van der Waals surface area contributed by atoms with Crippen LogP contribution in [0, 0.1) is 11.3 Å². The van der Waals surface area contributed by atoms with Gasteiger partial charge in [-0.05, 0) is 38.1 Å². The lowest BCUT2D eigenvalue weighted by Crippen LogP contribution is -2.41. The molecular formula is C15H17F3N2O2. The van der Waals surface area contributed by atoms with E-state index in [2.05, 4.69) is 0 Å². The number of halogens is 3. The normalized spacial score (nSPS) is 12.4. The molecule has 0 aliphatic rings. The van der Waals surface area contributed by atoms with E-state index in [0.29, 0.717) is 11.3 Å². The number of amides is 1. The van der Waals surface area contributed by atoms with Gasteiger partial charge in [0.25, 0.3) is 5.91 Å². The third-order valence-electron chi connectivity index (χ3n) is 3.00. The van der Waals surface area contributed by atoms with Crippen molar-refractivity contribution < 1.29 is 22.7 Å². The average molecular weight is 314 g/mol. The molecule has 0 aromatic heterocycles. The Balaban J connectivity index is 2.63. The van der Waals surface area contributed by atoms with Gasteiger partial charge in [0.15, 0.2) is 6.10 Å². The van der Waals surface area contributed by atoms with Crippen LogP contribution in [0.25, 0.3) is 0 Å². The zero-order chi connectivity index (χ0) is 16.8. The molecule has 0 N–H and O–H groups in total. The molecule has 22 heavy (non-hydrogen) atoms. The minimum Gasteiger partial charge on any atom is -0.481 e. The Morgan fingerprint density at radius 1 is 1.36 bits per heavy atom. The lowest BCUT2D eigenvalue weighted by atomic mass is 10.2. The van der Waals surface area contributed by atoms with Gasteiger partial charge in [0.1, 0.15) is 5.75 Å². The number of nitrogens with zero attached hydrogens (tertiary/aromatic N) is 2. The SMILES string of the molecule is CCN(CCC(F)(F)F)C(=O)C(C)Oc1ccc(C#N)cc1. The van der Waals surface area contributed by atoms with E-state index < -0.39 is 24.6 Å². The summed E-state index contributed by atoms with van der Waals surface area (Å²) in [7, 11) is 0. The Bertz CT molecular complexity index is 535. The number of benzene rings is 1. The van der Waals surface area contributed by atoms with Crippen molar-refractivity contribution >= 4 is 5.91 Å². The zero-order valence-corrected chi connectivity index (χ0v) is 12.4. The molecule has 0 heterocycles. The highest BCUT2D eigenvalue weighted by Gasteiger charge is 2.30. The molecule has 0 radical (unpaired) electrons. The molecule has 0 fully saturated rings. The minimum atomic E-state index is -4.30. The van der Waals surface area contributed by atoms with Gasteiger partial charge in [0, 0.05) is 13.1 Å². The highest BCUT2D eigenvalue weighted by molar-refractivity contribution is 5.80. The topological polar surface area (TPSA) is 53.3 Å². The van der Waals surface area contributed by atoms with Crippen LogP contribution in [0.1, 0.15) is 25.8 Å². The molecule has 1 unspecified atom stereocenters. The van der Waals surface area contributed by atoms with E-state index >= 15 is 0 Å². The fourth-order valence-electron chi connectivity index (χ4n) is 1.81. The van der Waals surface area contributed by atoms with Gasteiger partial charge in [-0.3, -0.25) is 4.79 Å². The van der Waals surface area contributed by atoms with E-state index in [1.54, 1.807) is 6.92 Å². The van der Waals surface area contributed by atoms with Crippen LogP contribution in [-0.2, 0) is 4.79 Å². The molecule has 0 aliphatic heterocycles. The number of rotatable bonds is 6. The van der Waals surface area contributed by atoms with E-state index in [-0.39, 0.29) is 13.1 Å². The summed E-state index contributed by atoms with van der Waals surface area (Å²) in [4.78, 5) is 13.2. The Hall–Kier alpha value is -2.23. The summed E-state index contributed by atoms with van der Waals surface area (Å²) in [6, 6.07) is 8.09. The van der Waals surface area contributed by atoms with Gasteiger partial charge in [-0.2, -0.15) is 18.4 Å². The van der Waals surface area contributed by atoms with Gasteiger partial charge in [-0.1, -0.05) is 0 Å². The minimum absolute atomic E-state index is 0.177. The Morgan fingerprint density at radius 3 is 2.41 bits per heavy atom. The van der Waals surface area contributed by atoms with Crippen LogP contribution in [0.5, 0.6) is 5.75 Å².